The molecule has 0 aliphatic carbocycles. The van der Waals surface area contributed by atoms with E-state index in [1.54, 1.807) is 46.1 Å². The van der Waals surface area contributed by atoms with Gasteiger partial charge in [0.2, 0.25) is 5.91 Å². The number of carbonyl (C=O) groups excluding carboxylic acids is 3. The smallest absolute Gasteiger partial charge is 0.344 e. The molecule has 2 rings (SSSR count). The number of aryl methyl sites for hydroxylation is 1. The second kappa shape index (κ2) is 10.4. The van der Waals surface area contributed by atoms with Gasteiger partial charge in [0.25, 0.3) is 0 Å². The van der Waals surface area contributed by atoms with Gasteiger partial charge < -0.3 is 19.5 Å². The third-order valence-corrected chi connectivity index (χ3v) is 3.96. The van der Waals surface area contributed by atoms with E-state index in [0.29, 0.717) is 12.1 Å². The van der Waals surface area contributed by atoms with Crippen LogP contribution in [-0.4, -0.2) is 37.2 Å². The lowest BCUT2D eigenvalue weighted by molar-refractivity contribution is -0.158. The van der Waals surface area contributed by atoms with Crippen molar-refractivity contribution in [3.8, 4) is 5.75 Å². The van der Waals surface area contributed by atoms with Gasteiger partial charge >= 0.3 is 11.9 Å². The Labute approximate surface area is 176 Å². The summed E-state index contributed by atoms with van der Waals surface area (Å²) in [6.45, 7) is 4.67. The molecule has 0 heterocycles. The monoisotopic (exact) mass is 413 g/mol. The summed E-state index contributed by atoms with van der Waals surface area (Å²) >= 11 is 0. The molecule has 30 heavy (non-hydrogen) atoms. The van der Waals surface area contributed by atoms with Crippen LogP contribution in [-0.2, 0) is 25.5 Å². The van der Waals surface area contributed by atoms with Crippen molar-refractivity contribution < 1.29 is 28.6 Å². The highest BCUT2D eigenvalue weighted by atomic mass is 16.6. The van der Waals surface area contributed by atoms with Crippen molar-refractivity contribution in [1.82, 2.24) is 0 Å². The zero-order chi connectivity index (χ0) is 22.1. The van der Waals surface area contributed by atoms with Crippen LogP contribution in [0, 0.1) is 0 Å². The quantitative estimate of drug-likeness (QED) is 0.663. The molecular weight excluding hydrogens is 386 g/mol. The molecule has 0 aromatic heterocycles. The number of nitrogens with one attached hydrogen (secondary N) is 1. The molecule has 0 aliphatic heterocycles. The first-order chi connectivity index (χ1) is 14.2. The van der Waals surface area contributed by atoms with Gasteiger partial charge in [0.15, 0.2) is 6.61 Å². The van der Waals surface area contributed by atoms with E-state index in [9.17, 15) is 14.4 Å². The summed E-state index contributed by atoms with van der Waals surface area (Å²) in [5.41, 5.74) is 0.820. The minimum absolute atomic E-state index is 0.166. The van der Waals surface area contributed by atoms with Gasteiger partial charge in [0.1, 0.15) is 11.4 Å². The number of hydrogen-bond donors (Lipinski definition) is 1. The van der Waals surface area contributed by atoms with Gasteiger partial charge in [-0.3, -0.25) is 4.79 Å². The van der Waals surface area contributed by atoms with Gasteiger partial charge in [-0.25, -0.2) is 9.59 Å². The van der Waals surface area contributed by atoms with E-state index in [0.717, 1.165) is 11.3 Å². The van der Waals surface area contributed by atoms with Crippen molar-refractivity contribution in [2.45, 2.75) is 39.2 Å². The Bertz CT molecular complexity index is 883. The van der Waals surface area contributed by atoms with E-state index in [1.165, 1.54) is 6.07 Å². The lowest BCUT2D eigenvalue weighted by atomic mass is 10.1. The minimum Gasteiger partial charge on any atom is -0.497 e. The topological polar surface area (TPSA) is 90.9 Å². The average Bonchev–Trinajstić information content (AvgIpc) is 2.70. The largest absolute Gasteiger partial charge is 0.497 e. The summed E-state index contributed by atoms with van der Waals surface area (Å²) in [5, 5.41) is 2.73. The summed E-state index contributed by atoms with van der Waals surface area (Å²) in [5.74, 6) is -0.844. The molecule has 0 radical (unpaired) electrons. The fourth-order valence-electron chi connectivity index (χ4n) is 2.61. The van der Waals surface area contributed by atoms with Gasteiger partial charge in [0, 0.05) is 6.42 Å². The molecule has 0 aliphatic rings. The first kappa shape index (κ1) is 22.9. The van der Waals surface area contributed by atoms with Crippen molar-refractivity contribution in [3.05, 3.63) is 59.7 Å². The Morgan fingerprint density at radius 2 is 1.63 bits per heavy atom. The molecule has 160 valence electrons. The molecular formula is C23H27NO6. The zero-order valence-corrected chi connectivity index (χ0v) is 17.7. The van der Waals surface area contributed by atoms with Gasteiger partial charge in [-0.15, -0.1) is 0 Å². The van der Waals surface area contributed by atoms with E-state index in [4.69, 9.17) is 14.2 Å². The van der Waals surface area contributed by atoms with E-state index in [-0.39, 0.29) is 17.9 Å². The average molecular weight is 413 g/mol. The summed E-state index contributed by atoms with van der Waals surface area (Å²) in [4.78, 5) is 36.4. The van der Waals surface area contributed by atoms with Gasteiger partial charge in [-0.1, -0.05) is 24.3 Å². The third kappa shape index (κ3) is 7.58. The molecule has 0 fully saturated rings. The second-order valence-corrected chi connectivity index (χ2v) is 7.60. The van der Waals surface area contributed by atoms with Crippen molar-refractivity contribution in [1.29, 1.82) is 0 Å². The van der Waals surface area contributed by atoms with E-state index < -0.39 is 24.1 Å². The SMILES string of the molecule is COc1ccc(CCC(=O)Nc2ccccc2C(=O)OCC(=O)OC(C)(C)C)cc1. The maximum absolute atomic E-state index is 12.4. The number of anilines is 1. The van der Waals surface area contributed by atoms with Gasteiger partial charge in [0.05, 0.1) is 18.4 Å². The number of methoxy groups -OCH3 is 1. The molecule has 0 spiro atoms. The highest BCUT2D eigenvalue weighted by Crippen LogP contribution is 2.18. The van der Waals surface area contributed by atoms with E-state index in [1.807, 2.05) is 24.3 Å². The van der Waals surface area contributed by atoms with E-state index >= 15 is 0 Å². The maximum atomic E-state index is 12.4. The Morgan fingerprint density at radius 1 is 0.967 bits per heavy atom. The number of hydrogen-bond acceptors (Lipinski definition) is 6. The number of rotatable bonds is 8. The second-order valence-electron chi connectivity index (χ2n) is 7.60. The number of esters is 2. The van der Waals surface area contributed by atoms with Crippen molar-refractivity contribution >= 4 is 23.5 Å². The lowest BCUT2D eigenvalue weighted by Gasteiger charge is -2.19. The fraction of sp³-hybridized carbons (Fsp3) is 0.348. The molecule has 0 saturated heterocycles. The Balaban J connectivity index is 1.92. The highest BCUT2D eigenvalue weighted by Gasteiger charge is 2.20. The predicted octanol–water partition coefficient (Wildman–Crippen LogP) is 3.77. The van der Waals surface area contributed by atoms with Crippen LogP contribution in [0.1, 0.15) is 43.1 Å². The van der Waals surface area contributed by atoms with Crippen molar-refractivity contribution in [3.63, 3.8) is 0 Å². The molecule has 7 nitrogen and oxygen atoms in total. The Morgan fingerprint density at radius 3 is 2.27 bits per heavy atom. The summed E-state index contributed by atoms with van der Waals surface area (Å²) in [7, 11) is 1.60. The fourth-order valence-corrected chi connectivity index (χ4v) is 2.61. The van der Waals surface area contributed by atoms with Gasteiger partial charge in [-0.05, 0) is 57.0 Å². The van der Waals surface area contributed by atoms with Crippen LogP contribution in [0.5, 0.6) is 5.75 Å². The van der Waals surface area contributed by atoms with Crippen LogP contribution in [0.3, 0.4) is 0 Å². The first-order valence-corrected chi connectivity index (χ1v) is 9.59. The number of benzene rings is 2. The normalized spacial score (nSPS) is 10.8. The molecule has 0 atom stereocenters. The number of amides is 1. The summed E-state index contributed by atoms with van der Waals surface area (Å²) in [6, 6.07) is 13.9. The maximum Gasteiger partial charge on any atom is 0.344 e. The molecule has 2 aromatic rings. The van der Waals surface area contributed by atoms with Gasteiger partial charge in [-0.2, -0.15) is 0 Å². The van der Waals surface area contributed by atoms with Crippen LogP contribution in [0.4, 0.5) is 5.69 Å². The number of carbonyl (C=O) groups is 3. The molecule has 1 N–H and O–H groups in total. The van der Waals surface area contributed by atoms with Crippen LogP contribution in [0.2, 0.25) is 0 Å². The summed E-state index contributed by atoms with van der Waals surface area (Å²) < 4.78 is 15.3. The lowest BCUT2D eigenvalue weighted by Crippen LogP contribution is -2.27. The van der Waals surface area contributed by atoms with Crippen LogP contribution in [0.25, 0.3) is 0 Å². The summed E-state index contributed by atoms with van der Waals surface area (Å²) in [6.07, 6.45) is 0.786. The van der Waals surface area contributed by atoms with Crippen molar-refractivity contribution in [2.75, 3.05) is 19.0 Å². The third-order valence-electron chi connectivity index (χ3n) is 3.96. The zero-order valence-electron chi connectivity index (χ0n) is 17.7. The molecule has 7 heteroatoms. The predicted molar refractivity (Wildman–Crippen MR) is 113 cm³/mol. The molecule has 2 aromatic carbocycles. The van der Waals surface area contributed by atoms with Crippen LogP contribution >= 0.6 is 0 Å². The Hall–Kier alpha value is -3.35. The molecule has 1 amide bonds. The number of para-hydroxylation sites is 1. The van der Waals surface area contributed by atoms with Crippen LogP contribution in [0.15, 0.2) is 48.5 Å². The molecule has 0 saturated carbocycles. The minimum atomic E-state index is -0.716. The standard InChI is InChI=1S/C23H27NO6/c1-23(2,3)30-21(26)15-29-22(27)18-7-5-6-8-19(18)24-20(25)14-11-16-9-12-17(28-4)13-10-16/h5-10,12-13H,11,14-15H2,1-4H3,(H,24,25). The molecule has 0 bridgehead atoms. The van der Waals surface area contributed by atoms with Crippen molar-refractivity contribution in [2.24, 2.45) is 0 Å². The molecule has 0 unspecified atom stereocenters. The van der Waals surface area contributed by atoms with E-state index in [2.05, 4.69) is 5.32 Å². The first-order valence-electron chi connectivity index (χ1n) is 9.59. The van der Waals surface area contributed by atoms with Crippen LogP contribution < -0.4 is 10.1 Å². The Kier molecular flexibility index (Phi) is 7.98. The highest BCUT2D eigenvalue weighted by molar-refractivity contribution is 6.01. The number of ether oxygens (including phenoxy) is 3.